The number of nitrogens with one attached hydrogen (secondary N) is 1. The van der Waals surface area contributed by atoms with Crippen LogP contribution in [0.5, 0.6) is 0 Å². The number of amides is 1. The second kappa shape index (κ2) is 8.02. The lowest BCUT2D eigenvalue weighted by molar-refractivity contribution is -0.123. The number of benzene rings is 2. The third-order valence-corrected chi connectivity index (χ3v) is 5.28. The van der Waals surface area contributed by atoms with Crippen molar-refractivity contribution >= 4 is 17.2 Å². The molecule has 0 saturated heterocycles. The van der Waals surface area contributed by atoms with Crippen molar-refractivity contribution in [3.63, 3.8) is 0 Å². The number of nitrogens with zero attached hydrogens (tertiary/aromatic N) is 1. The van der Waals surface area contributed by atoms with Crippen molar-refractivity contribution in [2.24, 2.45) is 0 Å². The zero-order valence-electron chi connectivity index (χ0n) is 14.9. The molecule has 146 valence electrons. The van der Waals surface area contributed by atoms with Gasteiger partial charge in [-0.25, -0.2) is 0 Å². The van der Waals surface area contributed by atoms with Gasteiger partial charge in [-0.15, -0.1) is 0 Å². The van der Waals surface area contributed by atoms with Gasteiger partial charge in [0.25, 0.3) is 5.91 Å². The summed E-state index contributed by atoms with van der Waals surface area (Å²) in [5, 5.41) is 1.80. The Morgan fingerprint density at radius 2 is 1.64 bits per heavy atom. The molecule has 0 aliphatic heterocycles. The van der Waals surface area contributed by atoms with Gasteiger partial charge in [-0.05, 0) is 23.6 Å². The Hall–Kier alpha value is -2.87. The molecule has 0 aliphatic rings. The highest BCUT2D eigenvalue weighted by atomic mass is 32.1. The Labute approximate surface area is 163 Å². The predicted molar refractivity (Wildman–Crippen MR) is 103 cm³/mol. The maximum atomic E-state index is 12.3. The topological polar surface area (TPSA) is 51.1 Å². The molecule has 4 nitrogen and oxygen atoms in total. The van der Waals surface area contributed by atoms with Crippen molar-refractivity contribution in [2.45, 2.75) is 19.6 Å². The summed E-state index contributed by atoms with van der Waals surface area (Å²) in [6.07, 6.45) is -4.50. The number of thiazole rings is 1. The third-order valence-electron chi connectivity index (χ3n) is 4.20. The quantitative estimate of drug-likeness (QED) is 0.690. The molecule has 1 amide bonds. The molecule has 1 heterocycles. The average molecular weight is 406 g/mol. The fourth-order valence-electron chi connectivity index (χ4n) is 2.75. The Morgan fingerprint density at radius 1 is 1.04 bits per heavy atom. The van der Waals surface area contributed by atoms with Gasteiger partial charge in [-0.2, -0.15) is 13.2 Å². The summed E-state index contributed by atoms with van der Waals surface area (Å²) in [6.45, 7) is 0.361. The zero-order valence-corrected chi connectivity index (χ0v) is 15.7. The highest BCUT2D eigenvalue weighted by molar-refractivity contribution is 7.11. The summed E-state index contributed by atoms with van der Waals surface area (Å²) >= 11 is 0.647. The van der Waals surface area contributed by atoms with Crippen molar-refractivity contribution in [3.05, 3.63) is 80.4 Å². The number of carbonyl (C=O) groups excluding carboxylic acids is 1. The van der Waals surface area contributed by atoms with Crippen LogP contribution in [0.25, 0.3) is 11.1 Å². The first-order valence-corrected chi connectivity index (χ1v) is 9.26. The van der Waals surface area contributed by atoms with Crippen molar-refractivity contribution < 1.29 is 18.0 Å². The van der Waals surface area contributed by atoms with Crippen LogP contribution >= 0.6 is 11.3 Å². The van der Waals surface area contributed by atoms with E-state index >= 15 is 0 Å². The molecule has 0 unspecified atom stereocenters. The van der Waals surface area contributed by atoms with Gasteiger partial charge in [-0.1, -0.05) is 65.9 Å². The summed E-state index contributed by atoms with van der Waals surface area (Å²) in [4.78, 5) is 23.8. The molecule has 1 aromatic heterocycles. The second-order valence-electron chi connectivity index (χ2n) is 6.23. The largest absolute Gasteiger partial charge is 0.405 e. The van der Waals surface area contributed by atoms with Gasteiger partial charge in [0.15, 0.2) is 0 Å². The molecule has 3 aromatic rings. The Balaban J connectivity index is 1.77. The van der Waals surface area contributed by atoms with Crippen LogP contribution in [0.15, 0.2) is 59.4 Å². The van der Waals surface area contributed by atoms with Gasteiger partial charge in [0.1, 0.15) is 11.4 Å². The maximum Gasteiger partial charge on any atom is 0.405 e. The van der Waals surface area contributed by atoms with Crippen LogP contribution in [0, 0.1) is 6.92 Å². The molecule has 0 bridgehead atoms. The van der Waals surface area contributed by atoms with Crippen LogP contribution in [-0.2, 0) is 6.54 Å². The minimum atomic E-state index is -4.50. The van der Waals surface area contributed by atoms with Gasteiger partial charge < -0.3 is 5.32 Å². The third kappa shape index (κ3) is 4.69. The number of carbonyl (C=O) groups is 1. The molecule has 1 N–H and O–H groups in total. The van der Waals surface area contributed by atoms with E-state index in [0.717, 1.165) is 16.7 Å². The second-order valence-corrected chi connectivity index (χ2v) is 7.19. The number of hydrogen-bond donors (Lipinski definition) is 1. The lowest BCUT2D eigenvalue weighted by Crippen LogP contribution is -2.33. The standard InChI is InChI=1S/C20H17F3N2O2S/c1-13-17(18(26)24-12-20(21,22)23)28-19(27)25(13)11-14-7-9-16(10-8-14)15-5-3-2-4-6-15/h2-10H,11-12H2,1H3,(H,24,26). The number of alkyl halides is 3. The van der Waals surface area contributed by atoms with Gasteiger partial charge in [0.2, 0.25) is 0 Å². The van der Waals surface area contributed by atoms with Crippen molar-refractivity contribution in [1.29, 1.82) is 0 Å². The number of rotatable bonds is 5. The first-order chi connectivity index (χ1) is 13.2. The minimum Gasteiger partial charge on any atom is -0.342 e. The molecule has 0 atom stereocenters. The molecule has 0 fully saturated rings. The van der Waals surface area contributed by atoms with Gasteiger partial charge >= 0.3 is 11.0 Å². The van der Waals surface area contributed by atoms with Gasteiger partial charge in [0, 0.05) is 5.69 Å². The molecule has 0 spiro atoms. The van der Waals surface area contributed by atoms with Crippen LogP contribution in [0.4, 0.5) is 13.2 Å². The van der Waals surface area contributed by atoms with E-state index in [1.165, 1.54) is 4.57 Å². The molecule has 3 rings (SSSR count). The fourth-order valence-corrected chi connectivity index (χ4v) is 3.66. The molecule has 28 heavy (non-hydrogen) atoms. The summed E-state index contributed by atoms with van der Waals surface area (Å²) in [6, 6.07) is 17.5. The van der Waals surface area contributed by atoms with Crippen molar-refractivity contribution in [3.8, 4) is 11.1 Å². The van der Waals surface area contributed by atoms with Crippen LogP contribution in [0.3, 0.4) is 0 Å². The van der Waals surface area contributed by atoms with E-state index in [2.05, 4.69) is 0 Å². The summed E-state index contributed by atoms with van der Waals surface area (Å²) in [5.41, 5.74) is 3.30. The van der Waals surface area contributed by atoms with Crippen LogP contribution in [0.2, 0.25) is 0 Å². The highest BCUT2D eigenvalue weighted by Crippen LogP contribution is 2.20. The average Bonchev–Trinajstić information content (AvgIpc) is 2.95. The molecule has 2 aromatic carbocycles. The Bertz CT molecular complexity index is 1020. The first kappa shape index (κ1) is 19.9. The SMILES string of the molecule is Cc1c(C(=O)NCC(F)(F)F)sc(=O)n1Cc1ccc(-c2ccccc2)cc1. The highest BCUT2D eigenvalue weighted by Gasteiger charge is 2.29. The van der Waals surface area contributed by atoms with E-state index in [4.69, 9.17) is 0 Å². The van der Waals surface area contributed by atoms with Gasteiger partial charge in [0.05, 0.1) is 6.54 Å². The Morgan fingerprint density at radius 3 is 2.25 bits per heavy atom. The van der Waals surface area contributed by atoms with Crippen LogP contribution in [0.1, 0.15) is 20.9 Å². The van der Waals surface area contributed by atoms with E-state index in [0.29, 0.717) is 17.0 Å². The molecular weight excluding hydrogens is 389 g/mol. The van der Waals surface area contributed by atoms with E-state index in [1.807, 2.05) is 54.6 Å². The smallest absolute Gasteiger partial charge is 0.342 e. The summed E-state index contributed by atoms with van der Waals surface area (Å²) in [7, 11) is 0. The fraction of sp³-hybridized carbons (Fsp3) is 0.200. The van der Waals surface area contributed by atoms with E-state index in [9.17, 15) is 22.8 Å². The molecule has 0 aliphatic carbocycles. The maximum absolute atomic E-state index is 12.3. The van der Waals surface area contributed by atoms with E-state index in [-0.39, 0.29) is 16.3 Å². The number of hydrogen-bond acceptors (Lipinski definition) is 3. The number of halogens is 3. The molecular formula is C20H17F3N2O2S. The lowest BCUT2D eigenvalue weighted by Gasteiger charge is -2.09. The van der Waals surface area contributed by atoms with Crippen LogP contribution < -0.4 is 10.2 Å². The van der Waals surface area contributed by atoms with Gasteiger partial charge in [-0.3, -0.25) is 14.2 Å². The predicted octanol–water partition coefficient (Wildman–Crippen LogP) is 4.23. The molecule has 0 radical (unpaired) electrons. The van der Waals surface area contributed by atoms with E-state index in [1.54, 1.807) is 12.2 Å². The summed E-state index contributed by atoms with van der Waals surface area (Å²) in [5.74, 6) is -0.893. The zero-order chi connectivity index (χ0) is 20.3. The van der Waals surface area contributed by atoms with Crippen molar-refractivity contribution in [2.75, 3.05) is 6.54 Å². The minimum absolute atomic E-state index is 0.00449. The van der Waals surface area contributed by atoms with Crippen LogP contribution in [-0.4, -0.2) is 23.2 Å². The van der Waals surface area contributed by atoms with Crippen molar-refractivity contribution in [1.82, 2.24) is 9.88 Å². The van der Waals surface area contributed by atoms with E-state index < -0.39 is 18.6 Å². The normalized spacial score (nSPS) is 11.4. The molecule has 0 saturated carbocycles. The monoisotopic (exact) mass is 406 g/mol. The summed E-state index contributed by atoms with van der Waals surface area (Å²) < 4.78 is 38.2. The molecule has 8 heteroatoms. The Kier molecular flexibility index (Phi) is 5.69. The first-order valence-electron chi connectivity index (χ1n) is 8.44. The lowest BCUT2D eigenvalue weighted by atomic mass is 10.0. The number of aromatic nitrogens is 1.